The van der Waals surface area contributed by atoms with Gasteiger partial charge in [0.25, 0.3) is 0 Å². The third-order valence-corrected chi connectivity index (χ3v) is 3.44. The van der Waals surface area contributed by atoms with Crippen LogP contribution in [0.25, 0.3) is 0 Å². The van der Waals surface area contributed by atoms with Crippen molar-refractivity contribution in [1.82, 2.24) is 15.6 Å². The molecule has 0 aliphatic carbocycles. The summed E-state index contributed by atoms with van der Waals surface area (Å²) in [5, 5.41) is 7.18. The number of nitrogens with one attached hydrogen (secondary N) is 2. The van der Waals surface area contributed by atoms with Crippen molar-refractivity contribution in [3.63, 3.8) is 0 Å². The van der Waals surface area contributed by atoms with Crippen molar-refractivity contribution in [1.29, 1.82) is 0 Å². The summed E-state index contributed by atoms with van der Waals surface area (Å²) in [7, 11) is 1.80. The molecule has 118 valence electrons. The molecule has 1 aromatic rings. The lowest BCUT2D eigenvalue weighted by molar-refractivity contribution is 0.534. The normalized spacial score (nSPS) is 11.8. The SMILES string of the molecule is CN=C(NCCCCC(C)C)NCCc1ccc(Cl)nc1. The van der Waals surface area contributed by atoms with E-state index in [2.05, 4.69) is 34.5 Å². The number of rotatable bonds is 8. The summed E-state index contributed by atoms with van der Waals surface area (Å²) in [4.78, 5) is 8.30. The lowest BCUT2D eigenvalue weighted by Crippen LogP contribution is -2.38. The van der Waals surface area contributed by atoms with Crippen molar-refractivity contribution in [2.24, 2.45) is 10.9 Å². The first-order chi connectivity index (χ1) is 10.1. The highest BCUT2D eigenvalue weighted by molar-refractivity contribution is 6.29. The van der Waals surface area contributed by atoms with Crippen LogP contribution in [0.2, 0.25) is 5.15 Å². The first-order valence-electron chi connectivity index (χ1n) is 7.66. The van der Waals surface area contributed by atoms with Crippen molar-refractivity contribution >= 4 is 17.6 Å². The largest absolute Gasteiger partial charge is 0.356 e. The Kier molecular flexibility index (Phi) is 8.83. The molecule has 0 spiro atoms. The molecule has 1 rings (SSSR count). The lowest BCUT2D eigenvalue weighted by atomic mass is 10.1. The molecular weight excluding hydrogens is 284 g/mol. The van der Waals surface area contributed by atoms with Crippen LogP contribution in [0.3, 0.4) is 0 Å². The predicted octanol–water partition coefficient (Wildman–Crippen LogP) is 3.27. The minimum Gasteiger partial charge on any atom is -0.356 e. The fraction of sp³-hybridized carbons (Fsp3) is 0.625. The molecule has 0 bridgehead atoms. The molecule has 0 saturated carbocycles. The molecule has 1 heterocycles. The zero-order valence-electron chi connectivity index (χ0n) is 13.3. The van der Waals surface area contributed by atoms with Gasteiger partial charge in [-0.15, -0.1) is 0 Å². The molecule has 0 saturated heterocycles. The molecular formula is C16H27ClN4. The van der Waals surface area contributed by atoms with E-state index in [-0.39, 0.29) is 0 Å². The number of guanidine groups is 1. The van der Waals surface area contributed by atoms with Gasteiger partial charge >= 0.3 is 0 Å². The van der Waals surface area contributed by atoms with E-state index in [1.54, 1.807) is 7.05 Å². The zero-order chi connectivity index (χ0) is 15.5. The van der Waals surface area contributed by atoms with E-state index in [0.717, 1.165) is 31.4 Å². The van der Waals surface area contributed by atoms with E-state index in [9.17, 15) is 0 Å². The van der Waals surface area contributed by atoms with Gasteiger partial charge in [0.15, 0.2) is 5.96 Å². The lowest BCUT2D eigenvalue weighted by Gasteiger charge is -2.12. The summed E-state index contributed by atoms with van der Waals surface area (Å²) in [6.07, 6.45) is 6.44. The maximum absolute atomic E-state index is 5.77. The van der Waals surface area contributed by atoms with E-state index in [4.69, 9.17) is 11.6 Å². The summed E-state index contributed by atoms with van der Waals surface area (Å²) in [6.45, 7) is 6.32. The van der Waals surface area contributed by atoms with E-state index < -0.39 is 0 Å². The monoisotopic (exact) mass is 310 g/mol. The number of aliphatic imine (C=N–C) groups is 1. The van der Waals surface area contributed by atoms with Crippen molar-refractivity contribution < 1.29 is 0 Å². The molecule has 0 atom stereocenters. The molecule has 4 nitrogen and oxygen atoms in total. The maximum Gasteiger partial charge on any atom is 0.190 e. The first-order valence-corrected chi connectivity index (χ1v) is 8.04. The molecule has 5 heteroatoms. The Labute approximate surface area is 133 Å². The molecule has 21 heavy (non-hydrogen) atoms. The van der Waals surface area contributed by atoms with Crippen molar-refractivity contribution in [3.8, 4) is 0 Å². The molecule has 1 aromatic heterocycles. The van der Waals surface area contributed by atoms with Crippen LogP contribution in [-0.4, -0.2) is 31.1 Å². The Morgan fingerprint density at radius 1 is 1.24 bits per heavy atom. The van der Waals surface area contributed by atoms with Gasteiger partial charge in [-0.05, 0) is 30.4 Å². The Bertz CT molecular complexity index is 415. The van der Waals surface area contributed by atoms with Gasteiger partial charge in [0, 0.05) is 26.3 Å². The van der Waals surface area contributed by atoms with E-state index in [1.807, 2.05) is 18.3 Å². The second kappa shape index (κ2) is 10.4. The topological polar surface area (TPSA) is 49.3 Å². The van der Waals surface area contributed by atoms with Gasteiger partial charge in [0.1, 0.15) is 5.15 Å². The van der Waals surface area contributed by atoms with Crippen LogP contribution in [0.5, 0.6) is 0 Å². The number of pyridine rings is 1. The van der Waals surface area contributed by atoms with Crippen LogP contribution < -0.4 is 10.6 Å². The minimum atomic E-state index is 0.533. The molecule has 0 aliphatic heterocycles. The third-order valence-electron chi connectivity index (χ3n) is 3.22. The molecule has 2 N–H and O–H groups in total. The summed E-state index contributed by atoms with van der Waals surface area (Å²) in [6, 6.07) is 3.82. The average Bonchev–Trinajstić information content (AvgIpc) is 2.46. The van der Waals surface area contributed by atoms with Crippen LogP contribution >= 0.6 is 11.6 Å². The highest BCUT2D eigenvalue weighted by Crippen LogP contribution is 2.06. The number of nitrogens with zero attached hydrogens (tertiary/aromatic N) is 2. The minimum absolute atomic E-state index is 0.533. The van der Waals surface area contributed by atoms with Gasteiger partial charge in [0.2, 0.25) is 0 Å². The van der Waals surface area contributed by atoms with Crippen LogP contribution in [0, 0.1) is 5.92 Å². The van der Waals surface area contributed by atoms with Gasteiger partial charge in [-0.25, -0.2) is 4.98 Å². The molecule has 0 radical (unpaired) electrons. The Morgan fingerprint density at radius 2 is 2.00 bits per heavy atom. The molecule has 0 fully saturated rings. The fourth-order valence-corrected chi connectivity index (χ4v) is 2.10. The van der Waals surface area contributed by atoms with Crippen molar-refractivity contribution in [2.45, 2.75) is 39.5 Å². The number of hydrogen-bond acceptors (Lipinski definition) is 2. The third kappa shape index (κ3) is 8.56. The van der Waals surface area contributed by atoms with Gasteiger partial charge in [-0.2, -0.15) is 0 Å². The fourth-order valence-electron chi connectivity index (χ4n) is 1.98. The Morgan fingerprint density at radius 3 is 2.62 bits per heavy atom. The van der Waals surface area contributed by atoms with Crippen molar-refractivity contribution in [3.05, 3.63) is 29.0 Å². The number of halogens is 1. The quantitative estimate of drug-likeness (QED) is 0.335. The number of aromatic nitrogens is 1. The molecule has 0 unspecified atom stereocenters. The van der Waals surface area contributed by atoms with Crippen LogP contribution in [0.15, 0.2) is 23.3 Å². The zero-order valence-corrected chi connectivity index (χ0v) is 14.1. The van der Waals surface area contributed by atoms with Gasteiger partial charge in [-0.1, -0.05) is 44.4 Å². The van der Waals surface area contributed by atoms with E-state index in [0.29, 0.717) is 5.15 Å². The van der Waals surface area contributed by atoms with Gasteiger partial charge in [-0.3, -0.25) is 4.99 Å². The number of unbranched alkanes of at least 4 members (excludes halogenated alkanes) is 1. The second-order valence-electron chi connectivity index (χ2n) is 5.55. The Balaban J connectivity index is 2.15. The van der Waals surface area contributed by atoms with E-state index >= 15 is 0 Å². The van der Waals surface area contributed by atoms with E-state index in [1.165, 1.54) is 24.8 Å². The summed E-state index contributed by atoms with van der Waals surface area (Å²) >= 11 is 5.77. The highest BCUT2D eigenvalue weighted by atomic mass is 35.5. The highest BCUT2D eigenvalue weighted by Gasteiger charge is 1.99. The summed E-state index contributed by atoms with van der Waals surface area (Å²) in [5.41, 5.74) is 1.17. The smallest absolute Gasteiger partial charge is 0.190 e. The Hall–Kier alpha value is -1.29. The summed E-state index contributed by atoms with van der Waals surface area (Å²) < 4.78 is 0. The standard InChI is InChI=1S/C16H27ClN4/c1-13(2)6-4-5-10-19-16(18-3)20-11-9-14-7-8-15(17)21-12-14/h7-8,12-13H,4-6,9-11H2,1-3H3,(H2,18,19,20). The second-order valence-corrected chi connectivity index (χ2v) is 5.94. The van der Waals surface area contributed by atoms with Gasteiger partial charge in [0.05, 0.1) is 0 Å². The van der Waals surface area contributed by atoms with Gasteiger partial charge < -0.3 is 10.6 Å². The molecule has 0 aromatic carbocycles. The van der Waals surface area contributed by atoms with Crippen LogP contribution in [-0.2, 0) is 6.42 Å². The first kappa shape index (κ1) is 17.8. The van der Waals surface area contributed by atoms with Crippen LogP contribution in [0.1, 0.15) is 38.7 Å². The maximum atomic E-state index is 5.77. The molecule has 0 amide bonds. The average molecular weight is 311 g/mol. The molecule has 0 aliphatic rings. The summed E-state index contributed by atoms with van der Waals surface area (Å²) in [5.74, 6) is 1.65. The predicted molar refractivity (Wildman–Crippen MR) is 91.0 cm³/mol. The van der Waals surface area contributed by atoms with Crippen LogP contribution in [0.4, 0.5) is 0 Å². The number of hydrogen-bond donors (Lipinski definition) is 2. The van der Waals surface area contributed by atoms with Crippen molar-refractivity contribution in [2.75, 3.05) is 20.1 Å².